The minimum absolute atomic E-state index is 0.166. The Morgan fingerprint density at radius 2 is 2.00 bits per heavy atom. The molecule has 2 nitrogen and oxygen atoms in total. The van der Waals surface area contributed by atoms with Crippen molar-refractivity contribution in [2.24, 2.45) is 11.8 Å². The SMILES string of the molecule is CC1CCCC1CNC(c1ccccc1)c1ccco1. The Morgan fingerprint density at radius 3 is 2.65 bits per heavy atom. The molecule has 0 bridgehead atoms. The molecule has 0 saturated heterocycles. The Bertz CT molecular complexity index is 505. The molecule has 1 heterocycles. The number of furan rings is 1. The summed E-state index contributed by atoms with van der Waals surface area (Å²) in [4.78, 5) is 0. The third-order valence-corrected chi connectivity index (χ3v) is 4.58. The average Bonchev–Trinajstić information content (AvgIpc) is 3.13. The van der Waals surface area contributed by atoms with E-state index in [1.807, 2.05) is 6.07 Å². The second kappa shape index (κ2) is 6.27. The van der Waals surface area contributed by atoms with Crippen molar-refractivity contribution < 1.29 is 4.42 Å². The highest BCUT2D eigenvalue weighted by molar-refractivity contribution is 5.26. The van der Waals surface area contributed by atoms with Crippen LogP contribution in [-0.4, -0.2) is 6.54 Å². The summed E-state index contributed by atoms with van der Waals surface area (Å²) in [5.74, 6) is 2.65. The zero-order valence-electron chi connectivity index (χ0n) is 12.1. The first-order chi connectivity index (χ1) is 9.84. The van der Waals surface area contributed by atoms with E-state index in [4.69, 9.17) is 4.42 Å². The number of nitrogens with one attached hydrogen (secondary N) is 1. The van der Waals surface area contributed by atoms with Crippen molar-refractivity contribution in [3.63, 3.8) is 0 Å². The van der Waals surface area contributed by atoms with Crippen LogP contribution in [0, 0.1) is 11.8 Å². The maximum atomic E-state index is 5.63. The second-order valence-corrected chi connectivity index (χ2v) is 5.94. The van der Waals surface area contributed by atoms with Crippen LogP contribution in [0.2, 0.25) is 0 Å². The van der Waals surface area contributed by atoms with Crippen molar-refractivity contribution in [2.75, 3.05) is 6.54 Å². The van der Waals surface area contributed by atoms with E-state index in [2.05, 4.69) is 48.6 Å². The van der Waals surface area contributed by atoms with Gasteiger partial charge in [0.15, 0.2) is 0 Å². The highest BCUT2D eigenvalue weighted by Crippen LogP contribution is 2.31. The van der Waals surface area contributed by atoms with E-state index in [0.29, 0.717) is 0 Å². The Hall–Kier alpha value is -1.54. The topological polar surface area (TPSA) is 25.2 Å². The summed E-state index contributed by atoms with van der Waals surface area (Å²) in [5.41, 5.74) is 1.27. The summed E-state index contributed by atoms with van der Waals surface area (Å²) in [7, 11) is 0. The van der Waals surface area contributed by atoms with Crippen molar-refractivity contribution in [3.8, 4) is 0 Å². The van der Waals surface area contributed by atoms with Gasteiger partial charge in [-0.25, -0.2) is 0 Å². The summed E-state index contributed by atoms with van der Waals surface area (Å²) in [6, 6.07) is 14.8. The Morgan fingerprint density at radius 1 is 1.15 bits per heavy atom. The summed E-state index contributed by atoms with van der Waals surface area (Å²) in [6.45, 7) is 3.45. The van der Waals surface area contributed by atoms with Gasteiger partial charge in [-0.15, -0.1) is 0 Å². The van der Waals surface area contributed by atoms with E-state index in [9.17, 15) is 0 Å². The van der Waals surface area contributed by atoms with E-state index in [0.717, 1.165) is 24.1 Å². The van der Waals surface area contributed by atoms with Gasteiger partial charge in [-0.05, 0) is 42.5 Å². The fraction of sp³-hybridized carbons (Fsp3) is 0.444. The molecule has 0 aliphatic heterocycles. The number of hydrogen-bond acceptors (Lipinski definition) is 2. The zero-order valence-corrected chi connectivity index (χ0v) is 12.1. The molecule has 2 heteroatoms. The van der Waals surface area contributed by atoms with Gasteiger partial charge in [-0.3, -0.25) is 0 Å². The first-order valence-corrected chi connectivity index (χ1v) is 7.66. The van der Waals surface area contributed by atoms with Crippen molar-refractivity contribution in [3.05, 3.63) is 60.1 Å². The lowest BCUT2D eigenvalue weighted by molar-refractivity contribution is 0.361. The third kappa shape index (κ3) is 2.96. The normalized spacial score (nSPS) is 23.9. The summed E-state index contributed by atoms with van der Waals surface area (Å²) < 4.78 is 5.63. The van der Waals surface area contributed by atoms with E-state index >= 15 is 0 Å². The van der Waals surface area contributed by atoms with E-state index in [1.165, 1.54) is 24.8 Å². The van der Waals surface area contributed by atoms with Crippen molar-refractivity contribution in [1.82, 2.24) is 5.32 Å². The molecule has 0 amide bonds. The largest absolute Gasteiger partial charge is 0.467 e. The maximum absolute atomic E-state index is 5.63. The standard InChI is InChI=1S/C18H23NO/c1-14-7-5-10-16(14)13-19-18(17-11-6-12-20-17)15-8-3-2-4-9-15/h2-4,6,8-9,11-12,14,16,18-19H,5,7,10,13H2,1H3. The Labute approximate surface area is 121 Å². The first-order valence-electron chi connectivity index (χ1n) is 7.66. The van der Waals surface area contributed by atoms with Crippen LogP contribution in [0.1, 0.15) is 43.6 Å². The van der Waals surface area contributed by atoms with Crippen LogP contribution in [0.4, 0.5) is 0 Å². The molecule has 1 saturated carbocycles. The summed E-state index contributed by atoms with van der Waals surface area (Å²) in [5, 5.41) is 3.72. The highest BCUT2D eigenvalue weighted by Gasteiger charge is 2.25. The van der Waals surface area contributed by atoms with Crippen LogP contribution < -0.4 is 5.32 Å². The van der Waals surface area contributed by atoms with E-state index in [-0.39, 0.29) is 6.04 Å². The summed E-state index contributed by atoms with van der Waals surface area (Å²) >= 11 is 0. The molecular weight excluding hydrogens is 246 g/mol. The van der Waals surface area contributed by atoms with Crippen LogP contribution >= 0.6 is 0 Å². The van der Waals surface area contributed by atoms with Crippen molar-refractivity contribution in [2.45, 2.75) is 32.2 Å². The zero-order chi connectivity index (χ0) is 13.8. The lowest BCUT2D eigenvalue weighted by Crippen LogP contribution is -2.29. The van der Waals surface area contributed by atoms with Gasteiger partial charge < -0.3 is 9.73 Å². The predicted octanol–water partition coefficient (Wildman–Crippen LogP) is 4.39. The minimum Gasteiger partial charge on any atom is -0.467 e. The molecule has 20 heavy (non-hydrogen) atoms. The lowest BCUT2D eigenvalue weighted by Gasteiger charge is -2.22. The van der Waals surface area contributed by atoms with Gasteiger partial charge in [0.2, 0.25) is 0 Å². The molecule has 3 atom stereocenters. The average molecular weight is 269 g/mol. The molecule has 3 rings (SSSR count). The summed E-state index contributed by atoms with van der Waals surface area (Å²) in [6.07, 6.45) is 5.87. The molecule has 106 valence electrons. The first kappa shape index (κ1) is 13.4. The monoisotopic (exact) mass is 269 g/mol. The van der Waals surface area contributed by atoms with E-state index < -0.39 is 0 Å². The highest BCUT2D eigenvalue weighted by atomic mass is 16.3. The molecule has 1 aromatic carbocycles. The van der Waals surface area contributed by atoms with Gasteiger partial charge in [0.05, 0.1) is 12.3 Å². The van der Waals surface area contributed by atoms with Gasteiger partial charge in [-0.1, -0.05) is 50.1 Å². The fourth-order valence-electron chi connectivity index (χ4n) is 3.28. The van der Waals surface area contributed by atoms with Crippen LogP contribution in [0.5, 0.6) is 0 Å². The third-order valence-electron chi connectivity index (χ3n) is 4.58. The second-order valence-electron chi connectivity index (χ2n) is 5.94. The van der Waals surface area contributed by atoms with Crippen LogP contribution in [0.3, 0.4) is 0 Å². The van der Waals surface area contributed by atoms with Gasteiger partial charge in [-0.2, -0.15) is 0 Å². The predicted molar refractivity (Wildman–Crippen MR) is 81.5 cm³/mol. The van der Waals surface area contributed by atoms with Crippen molar-refractivity contribution in [1.29, 1.82) is 0 Å². The van der Waals surface area contributed by atoms with Crippen molar-refractivity contribution >= 4 is 0 Å². The smallest absolute Gasteiger partial charge is 0.125 e. The molecule has 2 aromatic rings. The molecule has 1 aliphatic rings. The molecule has 1 N–H and O–H groups in total. The molecule has 3 unspecified atom stereocenters. The molecule has 1 fully saturated rings. The number of rotatable bonds is 5. The maximum Gasteiger partial charge on any atom is 0.125 e. The molecular formula is C18H23NO. The Balaban J connectivity index is 1.73. The number of hydrogen-bond donors (Lipinski definition) is 1. The van der Waals surface area contributed by atoms with Gasteiger partial charge >= 0.3 is 0 Å². The van der Waals surface area contributed by atoms with Gasteiger partial charge in [0, 0.05) is 0 Å². The molecule has 1 aromatic heterocycles. The number of benzene rings is 1. The van der Waals surface area contributed by atoms with Crippen LogP contribution in [-0.2, 0) is 0 Å². The molecule has 1 aliphatic carbocycles. The molecule has 0 radical (unpaired) electrons. The Kier molecular flexibility index (Phi) is 4.22. The van der Waals surface area contributed by atoms with Gasteiger partial charge in [0.25, 0.3) is 0 Å². The lowest BCUT2D eigenvalue weighted by atomic mass is 9.97. The van der Waals surface area contributed by atoms with Crippen LogP contribution in [0.25, 0.3) is 0 Å². The minimum atomic E-state index is 0.166. The van der Waals surface area contributed by atoms with E-state index in [1.54, 1.807) is 6.26 Å². The van der Waals surface area contributed by atoms with Gasteiger partial charge in [0.1, 0.15) is 5.76 Å². The fourth-order valence-corrected chi connectivity index (χ4v) is 3.28. The van der Waals surface area contributed by atoms with Crippen LogP contribution in [0.15, 0.2) is 53.1 Å². The quantitative estimate of drug-likeness (QED) is 0.870. The molecule has 0 spiro atoms.